The van der Waals surface area contributed by atoms with E-state index in [1.807, 2.05) is 65.6 Å². The second kappa shape index (κ2) is 12.9. The third kappa shape index (κ3) is 6.39. The maximum absolute atomic E-state index is 13.2. The quantitative estimate of drug-likeness (QED) is 0.411. The van der Waals surface area contributed by atoms with Crippen LogP contribution in [-0.4, -0.2) is 70.3 Å². The first kappa shape index (κ1) is 27.5. The number of nitrogens with one attached hydrogen (secondary N) is 1. The van der Waals surface area contributed by atoms with Crippen molar-refractivity contribution in [3.05, 3.63) is 83.4 Å². The Hall–Kier alpha value is -4.04. The van der Waals surface area contributed by atoms with Gasteiger partial charge in [0.25, 0.3) is 11.8 Å². The van der Waals surface area contributed by atoms with Gasteiger partial charge in [-0.05, 0) is 79.7 Å². The number of ether oxygens (including phenoxy) is 3. The minimum absolute atomic E-state index is 0.000866. The third-order valence-corrected chi connectivity index (χ3v) is 7.79. The number of rotatable bonds is 10. The molecule has 0 radical (unpaired) electrons. The highest BCUT2D eigenvalue weighted by Gasteiger charge is 2.28. The summed E-state index contributed by atoms with van der Waals surface area (Å²) in [6, 6.07) is 21.4. The van der Waals surface area contributed by atoms with Gasteiger partial charge in [-0.25, -0.2) is 0 Å². The Kier molecular flexibility index (Phi) is 8.86. The van der Waals surface area contributed by atoms with Gasteiger partial charge in [0.2, 0.25) is 0 Å². The van der Waals surface area contributed by atoms with E-state index in [0.717, 1.165) is 72.1 Å². The van der Waals surface area contributed by atoms with E-state index in [1.54, 1.807) is 14.2 Å². The van der Waals surface area contributed by atoms with Gasteiger partial charge in [-0.15, -0.1) is 0 Å². The normalized spacial score (nSPS) is 15.8. The number of carbonyl (C=O) groups is 2. The number of carbonyl (C=O) groups excluding carboxylic acids is 2. The number of nitrogens with zero attached hydrogens (tertiary/aromatic N) is 2. The average molecular weight is 544 g/mol. The van der Waals surface area contributed by atoms with Crippen molar-refractivity contribution in [2.75, 3.05) is 58.5 Å². The second-order valence-corrected chi connectivity index (χ2v) is 10.2. The molecular formula is C32H37N3O5. The molecule has 210 valence electrons. The first-order valence-corrected chi connectivity index (χ1v) is 13.9. The van der Waals surface area contributed by atoms with E-state index in [9.17, 15) is 9.59 Å². The maximum Gasteiger partial charge on any atom is 0.265 e. The van der Waals surface area contributed by atoms with Gasteiger partial charge in [-0.2, -0.15) is 0 Å². The van der Waals surface area contributed by atoms with Crippen LogP contribution in [0.3, 0.4) is 0 Å². The Morgan fingerprint density at radius 1 is 0.950 bits per heavy atom. The lowest BCUT2D eigenvalue weighted by molar-refractivity contribution is -0.121. The fourth-order valence-corrected chi connectivity index (χ4v) is 5.59. The van der Waals surface area contributed by atoms with Crippen LogP contribution in [0.25, 0.3) is 0 Å². The summed E-state index contributed by atoms with van der Waals surface area (Å²) in [4.78, 5) is 30.0. The average Bonchev–Trinajstić information content (AvgIpc) is 3.00. The molecule has 0 atom stereocenters. The monoisotopic (exact) mass is 543 g/mol. The van der Waals surface area contributed by atoms with Gasteiger partial charge in [-0.3, -0.25) is 9.59 Å². The Bertz CT molecular complexity index is 1310. The number of piperidine rings is 1. The number of para-hydroxylation sites is 2. The van der Waals surface area contributed by atoms with E-state index in [-0.39, 0.29) is 18.4 Å². The van der Waals surface area contributed by atoms with Crippen LogP contribution in [0.5, 0.6) is 17.2 Å². The number of likely N-dealkylation sites (tertiary alicyclic amines) is 1. The molecule has 3 aromatic rings. The predicted octanol–water partition coefficient (Wildman–Crippen LogP) is 4.28. The highest BCUT2D eigenvalue weighted by Crippen LogP contribution is 2.33. The molecule has 0 unspecified atom stereocenters. The molecule has 0 aliphatic carbocycles. The van der Waals surface area contributed by atoms with E-state index in [0.29, 0.717) is 25.4 Å². The number of hydrogen-bond acceptors (Lipinski definition) is 6. The van der Waals surface area contributed by atoms with Crippen LogP contribution in [0.4, 0.5) is 5.69 Å². The molecule has 8 nitrogen and oxygen atoms in total. The summed E-state index contributed by atoms with van der Waals surface area (Å²) in [5.74, 6) is 2.51. The third-order valence-electron chi connectivity index (χ3n) is 7.79. The summed E-state index contributed by atoms with van der Waals surface area (Å²) < 4.78 is 16.3. The fourth-order valence-electron chi connectivity index (χ4n) is 5.59. The largest absolute Gasteiger partial charge is 0.497 e. The minimum Gasteiger partial charge on any atom is -0.497 e. The minimum atomic E-state index is -0.0441. The van der Waals surface area contributed by atoms with Crippen LogP contribution in [-0.2, 0) is 11.2 Å². The standard InChI is InChI=1S/C32H37N3O5/c1-38-25-19-23(20-26(21-25)39-2)11-14-33-32(37)28-8-4-3-7-27(28)24-12-15-34(16-13-24)17-18-35-29-9-5-6-10-30(29)40-22-31(35)36/h3-10,19-21,24H,11-18,22H2,1-2H3,(H,33,37). The van der Waals surface area contributed by atoms with Crippen molar-refractivity contribution in [3.63, 3.8) is 0 Å². The summed E-state index contributed by atoms with van der Waals surface area (Å²) in [5.41, 5.74) is 3.75. The number of hydrogen-bond donors (Lipinski definition) is 1. The number of anilines is 1. The summed E-state index contributed by atoms with van der Waals surface area (Å²) in [6.07, 6.45) is 2.62. The van der Waals surface area contributed by atoms with Crippen LogP contribution in [0.15, 0.2) is 66.7 Å². The highest BCUT2D eigenvalue weighted by atomic mass is 16.5. The smallest absolute Gasteiger partial charge is 0.265 e. The van der Waals surface area contributed by atoms with Gasteiger partial charge in [0, 0.05) is 31.3 Å². The van der Waals surface area contributed by atoms with Crippen molar-refractivity contribution in [2.45, 2.75) is 25.2 Å². The van der Waals surface area contributed by atoms with Crippen LogP contribution in [0, 0.1) is 0 Å². The molecule has 2 heterocycles. The van der Waals surface area contributed by atoms with E-state index in [2.05, 4.69) is 16.3 Å². The second-order valence-electron chi connectivity index (χ2n) is 10.2. The first-order chi connectivity index (χ1) is 19.6. The van der Waals surface area contributed by atoms with Crippen LogP contribution >= 0.6 is 0 Å². The van der Waals surface area contributed by atoms with Gasteiger partial charge >= 0.3 is 0 Å². The van der Waals surface area contributed by atoms with Crippen molar-refractivity contribution in [1.82, 2.24) is 10.2 Å². The molecule has 3 aromatic carbocycles. The molecule has 0 aromatic heterocycles. The Labute approximate surface area is 235 Å². The molecule has 0 saturated carbocycles. The maximum atomic E-state index is 13.2. The SMILES string of the molecule is COc1cc(CCNC(=O)c2ccccc2C2CCN(CCN3C(=O)COc4ccccc43)CC2)cc(OC)c1. The molecule has 2 amide bonds. The van der Waals surface area contributed by atoms with E-state index in [1.165, 1.54) is 0 Å². The summed E-state index contributed by atoms with van der Waals surface area (Å²) in [6.45, 7) is 3.92. The topological polar surface area (TPSA) is 80.3 Å². The van der Waals surface area contributed by atoms with Crippen LogP contribution in [0.1, 0.15) is 40.2 Å². The van der Waals surface area contributed by atoms with Crippen LogP contribution < -0.4 is 24.4 Å². The lowest BCUT2D eigenvalue weighted by atomic mass is 9.86. The van der Waals surface area contributed by atoms with Gasteiger partial charge in [0.15, 0.2) is 6.61 Å². The van der Waals surface area contributed by atoms with Gasteiger partial charge < -0.3 is 29.3 Å². The van der Waals surface area contributed by atoms with E-state index >= 15 is 0 Å². The van der Waals surface area contributed by atoms with Crippen molar-refractivity contribution in [1.29, 1.82) is 0 Å². The van der Waals surface area contributed by atoms with Crippen molar-refractivity contribution >= 4 is 17.5 Å². The molecule has 1 fully saturated rings. The molecule has 0 bridgehead atoms. The van der Waals surface area contributed by atoms with Crippen molar-refractivity contribution in [3.8, 4) is 17.2 Å². The molecule has 1 N–H and O–H groups in total. The first-order valence-electron chi connectivity index (χ1n) is 13.9. The van der Waals surface area contributed by atoms with E-state index < -0.39 is 0 Å². The molecule has 1 saturated heterocycles. The molecule has 2 aliphatic rings. The zero-order valence-electron chi connectivity index (χ0n) is 23.2. The Balaban J connectivity index is 1.14. The molecule has 2 aliphatic heterocycles. The zero-order chi connectivity index (χ0) is 27.9. The molecule has 8 heteroatoms. The highest BCUT2D eigenvalue weighted by molar-refractivity contribution is 5.98. The Morgan fingerprint density at radius 3 is 2.40 bits per heavy atom. The van der Waals surface area contributed by atoms with Crippen molar-refractivity contribution in [2.24, 2.45) is 0 Å². The van der Waals surface area contributed by atoms with Crippen molar-refractivity contribution < 1.29 is 23.8 Å². The summed E-state index contributed by atoms with van der Waals surface area (Å²) in [5, 5.41) is 3.10. The number of benzene rings is 3. The van der Waals surface area contributed by atoms with Gasteiger partial charge in [0.05, 0.1) is 19.9 Å². The van der Waals surface area contributed by atoms with Gasteiger partial charge in [-0.1, -0.05) is 30.3 Å². The molecule has 40 heavy (non-hydrogen) atoms. The lowest BCUT2D eigenvalue weighted by Crippen LogP contribution is -2.45. The summed E-state index contributed by atoms with van der Waals surface area (Å²) in [7, 11) is 3.26. The lowest BCUT2D eigenvalue weighted by Gasteiger charge is -2.35. The predicted molar refractivity (Wildman–Crippen MR) is 155 cm³/mol. The fraction of sp³-hybridized carbons (Fsp3) is 0.375. The molecule has 0 spiro atoms. The zero-order valence-corrected chi connectivity index (χ0v) is 23.2. The van der Waals surface area contributed by atoms with Crippen LogP contribution in [0.2, 0.25) is 0 Å². The Morgan fingerprint density at radius 2 is 1.65 bits per heavy atom. The van der Waals surface area contributed by atoms with Gasteiger partial charge in [0.1, 0.15) is 17.2 Å². The number of amides is 2. The molecular weight excluding hydrogens is 506 g/mol. The molecule has 5 rings (SSSR count). The summed E-state index contributed by atoms with van der Waals surface area (Å²) >= 11 is 0. The number of methoxy groups -OCH3 is 2. The van der Waals surface area contributed by atoms with E-state index in [4.69, 9.17) is 14.2 Å². The number of fused-ring (bicyclic) bond motifs is 1.